The van der Waals surface area contributed by atoms with E-state index >= 15 is 0 Å². The van der Waals surface area contributed by atoms with Crippen LogP contribution in [0.4, 0.5) is 5.69 Å². The summed E-state index contributed by atoms with van der Waals surface area (Å²) in [6, 6.07) is 18.6. The Morgan fingerprint density at radius 3 is 2.65 bits per heavy atom. The second kappa shape index (κ2) is 9.09. The van der Waals surface area contributed by atoms with Crippen LogP contribution in [-0.4, -0.2) is 30.5 Å². The summed E-state index contributed by atoms with van der Waals surface area (Å²) < 4.78 is 0. The molecule has 2 N–H and O–H groups in total. The minimum atomic E-state index is 0.123. The zero-order valence-electron chi connectivity index (χ0n) is 15.4. The quantitative estimate of drug-likeness (QED) is 0.571. The Kier molecular flexibility index (Phi) is 6.31. The maximum absolute atomic E-state index is 12.1. The molecule has 0 radical (unpaired) electrons. The van der Waals surface area contributed by atoms with Gasteiger partial charge in [-0.1, -0.05) is 36.4 Å². The number of para-hydroxylation sites is 2. The Hall–Kier alpha value is -2.75. The van der Waals surface area contributed by atoms with Crippen molar-refractivity contribution in [3.63, 3.8) is 0 Å². The lowest BCUT2D eigenvalue weighted by Crippen LogP contribution is -2.30. The van der Waals surface area contributed by atoms with E-state index in [4.69, 9.17) is 0 Å². The minimum absolute atomic E-state index is 0.123. The highest BCUT2D eigenvalue weighted by Crippen LogP contribution is 2.18. The molecule has 2 aromatic carbocycles. The van der Waals surface area contributed by atoms with Gasteiger partial charge in [0.25, 0.3) is 0 Å². The molecule has 0 fully saturated rings. The Balaban J connectivity index is 1.39. The number of rotatable bonds is 9. The molecule has 0 aliphatic heterocycles. The standard InChI is InChI=1S/C22H27N3O/c1-2-25(19-9-4-3-5-10-19)16-8-15-23-22(26)14-13-18-17-24-21-12-7-6-11-20(18)21/h3-7,9-12,17,24H,2,8,13-16H2,1H3,(H,23,26). The van der Waals surface area contributed by atoms with Gasteiger partial charge in [0.1, 0.15) is 0 Å². The average Bonchev–Trinajstić information content (AvgIpc) is 3.10. The van der Waals surface area contributed by atoms with Crippen LogP contribution in [0.25, 0.3) is 10.9 Å². The molecule has 4 heteroatoms. The molecule has 136 valence electrons. The van der Waals surface area contributed by atoms with Crippen molar-refractivity contribution in [2.75, 3.05) is 24.5 Å². The number of aromatic amines is 1. The van der Waals surface area contributed by atoms with Crippen LogP contribution < -0.4 is 10.2 Å². The lowest BCUT2D eigenvalue weighted by Gasteiger charge is -2.23. The van der Waals surface area contributed by atoms with Gasteiger partial charge in [-0.15, -0.1) is 0 Å². The normalized spacial score (nSPS) is 10.8. The maximum Gasteiger partial charge on any atom is 0.220 e. The highest BCUT2D eigenvalue weighted by atomic mass is 16.1. The summed E-state index contributed by atoms with van der Waals surface area (Å²) in [4.78, 5) is 17.7. The van der Waals surface area contributed by atoms with Crippen LogP contribution >= 0.6 is 0 Å². The zero-order chi connectivity index (χ0) is 18.2. The highest BCUT2D eigenvalue weighted by molar-refractivity contribution is 5.84. The molecule has 0 aliphatic carbocycles. The van der Waals surface area contributed by atoms with Crippen molar-refractivity contribution < 1.29 is 4.79 Å². The maximum atomic E-state index is 12.1. The van der Waals surface area contributed by atoms with E-state index < -0.39 is 0 Å². The Bertz CT molecular complexity index is 826. The van der Waals surface area contributed by atoms with Crippen LogP contribution in [0.15, 0.2) is 60.8 Å². The Labute approximate surface area is 155 Å². The molecule has 4 nitrogen and oxygen atoms in total. The topological polar surface area (TPSA) is 48.1 Å². The van der Waals surface area contributed by atoms with E-state index in [2.05, 4.69) is 58.5 Å². The van der Waals surface area contributed by atoms with Crippen LogP contribution in [0, 0.1) is 0 Å². The predicted octanol–water partition coefficient (Wildman–Crippen LogP) is 4.13. The molecular weight excluding hydrogens is 322 g/mol. The van der Waals surface area contributed by atoms with Gasteiger partial charge in [0.2, 0.25) is 5.91 Å². The Morgan fingerprint density at radius 2 is 1.85 bits per heavy atom. The summed E-state index contributed by atoms with van der Waals surface area (Å²) in [5.74, 6) is 0.123. The van der Waals surface area contributed by atoms with Gasteiger partial charge < -0.3 is 15.2 Å². The van der Waals surface area contributed by atoms with E-state index in [0.717, 1.165) is 38.0 Å². The van der Waals surface area contributed by atoms with Crippen molar-refractivity contribution in [1.82, 2.24) is 10.3 Å². The number of aryl methyl sites for hydroxylation is 1. The number of carbonyl (C=O) groups is 1. The first-order chi connectivity index (χ1) is 12.8. The van der Waals surface area contributed by atoms with Gasteiger partial charge in [0.05, 0.1) is 0 Å². The number of anilines is 1. The van der Waals surface area contributed by atoms with Gasteiger partial charge in [-0.25, -0.2) is 0 Å². The van der Waals surface area contributed by atoms with E-state index in [9.17, 15) is 4.79 Å². The minimum Gasteiger partial charge on any atom is -0.372 e. The number of fused-ring (bicyclic) bond motifs is 1. The first kappa shape index (κ1) is 18.1. The van der Waals surface area contributed by atoms with Crippen molar-refractivity contribution in [2.24, 2.45) is 0 Å². The number of H-pyrrole nitrogens is 1. The van der Waals surface area contributed by atoms with E-state index in [-0.39, 0.29) is 5.91 Å². The molecule has 26 heavy (non-hydrogen) atoms. The van der Waals surface area contributed by atoms with Crippen LogP contribution in [0.1, 0.15) is 25.3 Å². The summed E-state index contributed by atoms with van der Waals surface area (Å²) in [6.07, 6.45) is 4.25. The van der Waals surface area contributed by atoms with E-state index in [1.165, 1.54) is 16.6 Å². The van der Waals surface area contributed by atoms with Crippen molar-refractivity contribution in [2.45, 2.75) is 26.2 Å². The van der Waals surface area contributed by atoms with Gasteiger partial charge in [-0.3, -0.25) is 4.79 Å². The molecule has 0 bridgehead atoms. The average molecular weight is 349 g/mol. The van der Waals surface area contributed by atoms with Crippen LogP contribution in [-0.2, 0) is 11.2 Å². The van der Waals surface area contributed by atoms with E-state index in [0.29, 0.717) is 6.42 Å². The number of nitrogens with zero attached hydrogens (tertiary/aromatic N) is 1. The molecule has 1 amide bonds. The third kappa shape index (κ3) is 4.66. The Morgan fingerprint density at radius 1 is 1.08 bits per heavy atom. The van der Waals surface area contributed by atoms with Crippen LogP contribution in [0.5, 0.6) is 0 Å². The zero-order valence-corrected chi connectivity index (χ0v) is 15.4. The molecule has 0 unspecified atom stereocenters. The lowest BCUT2D eigenvalue weighted by atomic mass is 10.1. The SMILES string of the molecule is CCN(CCCNC(=O)CCc1c[nH]c2ccccc12)c1ccccc1. The molecule has 0 saturated heterocycles. The summed E-state index contributed by atoms with van der Waals surface area (Å²) >= 11 is 0. The third-order valence-electron chi connectivity index (χ3n) is 4.73. The second-order valence-electron chi connectivity index (χ2n) is 6.48. The van der Waals surface area contributed by atoms with Gasteiger partial charge in [-0.05, 0) is 43.5 Å². The first-order valence-corrected chi connectivity index (χ1v) is 9.39. The molecule has 0 spiro atoms. The number of hydrogen-bond acceptors (Lipinski definition) is 2. The molecule has 3 rings (SSSR count). The first-order valence-electron chi connectivity index (χ1n) is 9.39. The predicted molar refractivity (Wildman–Crippen MR) is 109 cm³/mol. The number of nitrogens with one attached hydrogen (secondary N) is 2. The molecule has 1 aromatic heterocycles. The number of carbonyl (C=O) groups excluding carboxylic acids is 1. The molecule has 1 heterocycles. The fourth-order valence-corrected chi connectivity index (χ4v) is 3.28. The molecule has 0 saturated carbocycles. The number of benzene rings is 2. The number of aromatic nitrogens is 1. The lowest BCUT2D eigenvalue weighted by molar-refractivity contribution is -0.121. The summed E-state index contributed by atoms with van der Waals surface area (Å²) in [5, 5.41) is 4.26. The third-order valence-corrected chi connectivity index (χ3v) is 4.73. The molecule has 0 aliphatic rings. The van der Waals surface area contributed by atoms with E-state index in [1.54, 1.807) is 0 Å². The highest BCUT2D eigenvalue weighted by Gasteiger charge is 2.07. The number of hydrogen-bond donors (Lipinski definition) is 2. The van der Waals surface area contributed by atoms with Gasteiger partial charge >= 0.3 is 0 Å². The van der Waals surface area contributed by atoms with Gasteiger partial charge in [0, 0.05) is 48.8 Å². The fourth-order valence-electron chi connectivity index (χ4n) is 3.28. The second-order valence-corrected chi connectivity index (χ2v) is 6.48. The molecular formula is C22H27N3O. The summed E-state index contributed by atoms with van der Waals surface area (Å²) in [6.45, 7) is 4.80. The largest absolute Gasteiger partial charge is 0.372 e. The van der Waals surface area contributed by atoms with Gasteiger partial charge in [0.15, 0.2) is 0 Å². The van der Waals surface area contributed by atoms with Crippen LogP contribution in [0.3, 0.4) is 0 Å². The monoisotopic (exact) mass is 349 g/mol. The van der Waals surface area contributed by atoms with Crippen molar-refractivity contribution in [3.05, 3.63) is 66.4 Å². The molecule has 3 aromatic rings. The van der Waals surface area contributed by atoms with Crippen molar-refractivity contribution in [3.8, 4) is 0 Å². The smallest absolute Gasteiger partial charge is 0.220 e. The van der Waals surface area contributed by atoms with Gasteiger partial charge in [-0.2, -0.15) is 0 Å². The molecule has 0 atom stereocenters. The van der Waals surface area contributed by atoms with E-state index in [1.807, 2.05) is 24.4 Å². The van der Waals surface area contributed by atoms with Crippen molar-refractivity contribution in [1.29, 1.82) is 0 Å². The summed E-state index contributed by atoms with van der Waals surface area (Å²) in [5.41, 5.74) is 3.57. The number of amides is 1. The van der Waals surface area contributed by atoms with Crippen LogP contribution in [0.2, 0.25) is 0 Å². The van der Waals surface area contributed by atoms with Crippen molar-refractivity contribution >= 4 is 22.5 Å². The fraction of sp³-hybridized carbons (Fsp3) is 0.318. The summed E-state index contributed by atoms with van der Waals surface area (Å²) in [7, 11) is 0.